The molecule has 1 aromatic carbocycles. The van der Waals surface area contributed by atoms with Crippen molar-refractivity contribution >= 4 is 15.9 Å². The van der Waals surface area contributed by atoms with Gasteiger partial charge in [-0.2, -0.15) is 0 Å². The zero-order valence-corrected chi connectivity index (χ0v) is 12.3. The van der Waals surface area contributed by atoms with Crippen LogP contribution in [-0.4, -0.2) is 12.2 Å². The second-order valence-electron chi connectivity index (χ2n) is 4.32. The Labute approximate surface area is 112 Å². The van der Waals surface area contributed by atoms with Gasteiger partial charge in [-0.15, -0.1) is 0 Å². The maximum atomic E-state index is 10.3. The Morgan fingerprint density at radius 2 is 1.94 bits per heavy atom. The van der Waals surface area contributed by atoms with Crippen molar-refractivity contribution in [3.05, 3.63) is 28.2 Å². The Morgan fingerprint density at radius 3 is 2.47 bits per heavy atom. The first-order valence-corrected chi connectivity index (χ1v) is 6.93. The molecule has 1 rings (SSSR count). The molecule has 0 fully saturated rings. The lowest BCUT2D eigenvalue weighted by Crippen LogP contribution is -2.07. The molecule has 0 amide bonds. The van der Waals surface area contributed by atoms with Crippen molar-refractivity contribution in [3.8, 4) is 5.75 Å². The topological polar surface area (TPSA) is 29.5 Å². The van der Waals surface area contributed by atoms with Crippen molar-refractivity contribution < 1.29 is 9.84 Å². The zero-order valence-electron chi connectivity index (χ0n) is 10.7. The predicted octanol–water partition coefficient (Wildman–Crippen LogP) is 4.32. The summed E-state index contributed by atoms with van der Waals surface area (Å²) in [7, 11) is 1.63. The summed E-state index contributed by atoms with van der Waals surface area (Å²) in [4.78, 5) is 0. The SMILES string of the molecule is CCC(CC)CC(O)c1ccc(Br)cc1OC. The van der Waals surface area contributed by atoms with Gasteiger partial charge in [-0.05, 0) is 24.5 Å². The Kier molecular flexibility index (Phi) is 6.00. The van der Waals surface area contributed by atoms with E-state index in [2.05, 4.69) is 29.8 Å². The summed E-state index contributed by atoms with van der Waals surface area (Å²) in [6.07, 6.45) is 2.56. The molecule has 0 saturated carbocycles. The van der Waals surface area contributed by atoms with Crippen molar-refractivity contribution in [3.63, 3.8) is 0 Å². The Morgan fingerprint density at radius 1 is 1.29 bits per heavy atom. The molecule has 2 nitrogen and oxygen atoms in total. The van der Waals surface area contributed by atoms with Crippen LogP contribution < -0.4 is 4.74 Å². The van der Waals surface area contributed by atoms with Crippen LogP contribution in [0, 0.1) is 5.92 Å². The van der Waals surface area contributed by atoms with Crippen LogP contribution in [0.25, 0.3) is 0 Å². The average molecular weight is 301 g/mol. The molecule has 1 aromatic rings. The highest BCUT2D eigenvalue weighted by Crippen LogP contribution is 2.33. The van der Waals surface area contributed by atoms with Crippen molar-refractivity contribution in [1.82, 2.24) is 0 Å². The molecule has 96 valence electrons. The van der Waals surface area contributed by atoms with Crippen LogP contribution in [-0.2, 0) is 0 Å². The van der Waals surface area contributed by atoms with Gasteiger partial charge in [0.15, 0.2) is 0 Å². The van der Waals surface area contributed by atoms with Crippen molar-refractivity contribution in [1.29, 1.82) is 0 Å². The number of methoxy groups -OCH3 is 1. The number of hydrogen-bond donors (Lipinski definition) is 1. The average Bonchev–Trinajstić information content (AvgIpc) is 2.35. The van der Waals surface area contributed by atoms with E-state index < -0.39 is 6.10 Å². The molecule has 0 radical (unpaired) electrons. The Hall–Kier alpha value is -0.540. The highest BCUT2D eigenvalue weighted by Gasteiger charge is 2.17. The molecule has 0 heterocycles. The Bertz CT molecular complexity index is 348. The first-order chi connectivity index (χ1) is 8.12. The van der Waals surface area contributed by atoms with E-state index >= 15 is 0 Å². The molecule has 1 N–H and O–H groups in total. The Balaban J connectivity index is 2.84. The van der Waals surface area contributed by atoms with E-state index in [1.54, 1.807) is 7.11 Å². The molecular formula is C14H21BrO2. The molecule has 1 atom stereocenters. The molecule has 3 heteroatoms. The van der Waals surface area contributed by atoms with E-state index in [-0.39, 0.29) is 0 Å². The number of benzene rings is 1. The minimum Gasteiger partial charge on any atom is -0.496 e. The fourth-order valence-electron chi connectivity index (χ4n) is 2.02. The van der Waals surface area contributed by atoms with E-state index in [1.165, 1.54) is 0 Å². The highest BCUT2D eigenvalue weighted by atomic mass is 79.9. The lowest BCUT2D eigenvalue weighted by molar-refractivity contribution is 0.138. The lowest BCUT2D eigenvalue weighted by Gasteiger charge is -2.19. The highest BCUT2D eigenvalue weighted by molar-refractivity contribution is 9.10. The standard InChI is InChI=1S/C14H21BrO2/c1-4-10(5-2)8-13(16)12-7-6-11(15)9-14(12)17-3/h6-7,9-10,13,16H,4-5,8H2,1-3H3. The van der Waals surface area contributed by atoms with Crippen LogP contribution in [0.15, 0.2) is 22.7 Å². The van der Waals surface area contributed by atoms with E-state index in [0.717, 1.165) is 35.0 Å². The maximum Gasteiger partial charge on any atom is 0.125 e. The van der Waals surface area contributed by atoms with Gasteiger partial charge >= 0.3 is 0 Å². The fourth-order valence-corrected chi connectivity index (χ4v) is 2.37. The van der Waals surface area contributed by atoms with Gasteiger partial charge in [-0.1, -0.05) is 48.7 Å². The van der Waals surface area contributed by atoms with Crippen LogP contribution in [0.4, 0.5) is 0 Å². The second-order valence-corrected chi connectivity index (χ2v) is 5.24. The van der Waals surface area contributed by atoms with Crippen molar-refractivity contribution in [2.75, 3.05) is 7.11 Å². The molecule has 0 aliphatic rings. The molecular weight excluding hydrogens is 280 g/mol. The molecule has 0 spiro atoms. The van der Waals surface area contributed by atoms with Gasteiger partial charge in [0.2, 0.25) is 0 Å². The number of rotatable bonds is 6. The van der Waals surface area contributed by atoms with Crippen LogP contribution in [0.3, 0.4) is 0 Å². The summed E-state index contributed by atoms with van der Waals surface area (Å²) in [5.41, 5.74) is 0.877. The van der Waals surface area contributed by atoms with E-state index in [4.69, 9.17) is 4.74 Å². The summed E-state index contributed by atoms with van der Waals surface area (Å²) in [5, 5.41) is 10.3. The summed E-state index contributed by atoms with van der Waals surface area (Å²) < 4.78 is 6.27. The summed E-state index contributed by atoms with van der Waals surface area (Å²) in [6, 6.07) is 5.76. The second kappa shape index (κ2) is 7.02. The number of hydrogen-bond acceptors (Lipinski definition) is 2. The van der Waals surface area contributed by atoms with Crippen LogP contribution in [0.5, 0.6) is 5.75 Å². The molecule has 0 saturated heterocycles. The number of aliphatic hydroxyl groups excluding tert-OH is 1. The lowest BCUT2D eigenvalue weighted by atomic mass is 9.92. The summed E-state index contributed by atoms with van der Waals surface area (Å²) in [5.74, 6) is 1.32. The quantitative estimate of drug-likeness (QED) is 0.848. The van der Waals surface area contributed by atoms with Crippen LogP contribution in [0.1, 0.15) is 44.8 Å². The molecule has 0 aromatic heterocycles. The number of ether oxygens (including phenoxy) is 1. The van der Waals surface area contributed by atoms with Gasteiger partial charge in [0.25, 0.3) is 0 Å². The van der Waals surface area contributed by atoms with E-state index in [9.17, 15) is 5.11 Å². The molecule has 0 aliphatic heterocycles. The van der Waals surface area contributed by atoms with Crippen molar-refractivity contribution in [2.45, 2.75) is 39.2 Å². The monoisotopic (exact) mass is 300 g/mol. The fraction of sp³-hybridized carbons (Fsp3) is 0.571. The first-order valence-electron chi connectivity index (χ1n) is 6.13. The third kappa shape index (κ3) is 4.00. The number of aliphatic hydroxyl groups is 1. The van der Waals surface area contributed by atoms with Gasteiger partial charge in [-0.25, -0.2) is 0 Å². The maximum absolute atomic E-state index is 10.3. The summed E-state index contributed by atoms with van der Waals surface area (Å²) in [6.45, 7) is 4.33. The minimum absolute atomic E-state index is 0.442. The van der Waals surface area contributed by atoms with E-state index in [1.807, 2.05) is 18.2 Å². The van der Waals surface area contributed by atoms with Gasteiger partial charge in [0, 0.05) is 10.0 Å². The van der Waals surface area contributed by atoms with Gasteiger partial charge < -0.3 is 9.84 Å². The van der Waals surface area contributed by atoms with Gasteiger partial charge in [0.05, 0.1) is 13.2 Å². The minimum atomic E-state index is -0.442. The van der Waals surface area contributed by atoms with Crippen molar-refractivity contribution in [2.24, 2.45) is 5.92 Å². The third-order valence-corrected chi connectivity index (χ3v) is 3.76. The van der Waals surface area contributed by atoms with Crippen LogP contribution in [0.2, 0.25) is 0 Å². The normalized spacial score (nSPS) is 12.8. The molecule has 1 unspecified atom stereocenters. The van der Waals surface area contributed by atoms with Gasteiger partial charge in [0.1, 0.15) is 5.75 Å². The zero-order chi connectivity index (χ0) is 12.8. The smallest absolute Gasteiger partial charge is 0.125 e. The molecule has 0 bridgehead atoms. The predicted molar refractivity (Wildman–Crippen MR) is 74.3 cm³/mol. The third-order valence-electron chi connectivity index (χ3n) is 3.27. The molecule has 17 heavy (non-hydrogen) atoms. The molecule has 0 aliphatic carbocycles. The van der Waals surface area contributed by atoms with Gasteiger partial charge in [-0.3, -0.25) is 0 Å². The van der Waals surface area contributed by atoms with E-state index in [0.29, 0.717) is 5.92 Å². The number of halogens is 1. The van der Waals surface area contributed by atoms with Crippen LogP contribution >= 0.6 is 15.9 Å². The first kappa shape index (κ1) is 14.5. The summed E-state index contributed by atoms with van der Waals surface area (Å²) >= 11 is 3.40. The largest absolute Gasteiger partial charge is 0.496 e.